The van der Waals surface area contributed by atoms with Crippen molar-refractivity contribution >= 4 is 17.5 Å². The predicted molar refractivity (Wildman–Crippen MR) is 104 cm³/mol. The van der Waals surface area contributed by atoms with Gasteiger partial charge in [-0.1, -0.05) is 0 Å². The van der Waals surface area contributed by atoms with Gasteiger partial charge in [-0.2, -0.15) is 5.10 Å². The molecule has 9 nitrogen and oxygen atoms in total. The molecule has 11 heteroatoms. The van der Waals surface area contributed by atoms with E-state index in [2.05, 4.69) is 10.1 Å². The van der Waals surface area contributed by atoms with Crippen LogP contribution in [0.25, 0.3) is 11.4 Å². The van der Waals surface area contributed by atoms with Crippen LogP contribution >= 0.6 is 0 Å². The lowest BCUT2D eigenvalue weighted by molar-refractivity contribution is 0.104. The molecular weight excluding hydrogens is 400 g/mol. The SMILES string of the molecule is COc1c(N)cc(COCc2cc(NC(=O)O)cc(F)c2F)cc1-c1ncn(C)n1. The van der Waals surface area contributed by atoms with Crippen LogP contribution in [0.2, 0.25) is 0 Å². The quantitative estimate of drug-likeness (QED) is 0.503. The van der Waals surface area contributed by atoms with Crippen LogP contribution in [0.5, 0.6) is 5.75 Å². The van der Waals surface area contributed by atoms with Crippen LogP contribution in [0.15, 0.2) is 30.6 Å². The number of nitrogens with two attached hydrogens (primary N) is 1. The van der Waals surface area contributed by atoms with E-state index in [1.165, 1.54) is 18.1 Å². The van der Waals surface area contributed by atoms with Crippen molar-refractivity contribution in [3.05, 3.63) is 53.4 Å². The first-order valence-corrected chi connectivity index (χ1v) is 8.66. The van der Waals surface area contributed by atoms with Gasteiger partial charge < -0.3 is 20.3 Å². The van der Waals surface area contributed by atoms with Crippen LogP contribution in [-0.4, -0.2) is 33.1 Å². The lowest BCUT2D eigenvalue weighted by Gasteiger charge is -2.13. The molecule has 4 N–H and O–H groups in total. The van der Waals surface area contributed by atoms with E-state index in [0.29, 0.717) is 28.4 Å². The number of amides is 1. The molecule has 3 rings (SSSR count). The zero-order chi connectivity index (χ0) is 21.8. The molecule has 0 saturated heterocycles. The standard InChI is InChI=1S/C19H19F2N5O4/c1-26-9-23-18(25-26)13-3-10(4-15(22)17(13)29-2)7-30-8-11-5-12(24-19(27)28)6-14(20)16(11)21/h3-6,9,24H,7-8,22H2,1-2H3,(H,27,28). The average molecular weight is 419 g/mol. The Morgan fingerprint density at radius 2 is 2.03 bits per heavy atom. The largest absolute Gasteiger partial charge is 0.494 e. The van der Waals surface area contributed by atoms with E-state index in [4.69, 9.17) is 20.3 Å². The molecule has 30 heavy (non-hydrogen) atoms. The van der Waals surface area contributed by atoms with Gasteiger partial charge in [0.1, 0.15) is 6.33 Å². The Kier molecular flexibility index (Phi) is 6.11. The number of hydrogen-bond acceptors (Lipinski definition) is 6. The van der Waals surface area contributed by atoms with E-state index in [0.717, 1.165) is 12.1 Å². The number of rotatable bonds is 7. The van der Waals surface area contributed by atoms with E-state index < -0.39 is 17.7 Å². The lowest BCUT2D eigenvalue weighted by Crippen LogP contribution is -2.09. The number of aryl methyl sites for hydroxylation is 1. The highest BCUT2D eigenvalue weighted by atomic mass is 19.2. The molecule has 1 amide bonds. The van der Waals surface area contributed by atoms with Crippen molar-refractivity contribution in [1.82, 2.24) is 14.8 Å². The molecule has 1 heterocycles. The number of nitrogen functional groups attached to an aromatic ring is 1. The smallest absolute Gasteiger partial charge is 0.409 e. The fourth-order valence-corrected chi connectivity index (χ4v) is 2.88. The molecule has 2 aromatic carbocycles. The fraction of sp³-hybridized carbons (Fsp3) is 0.211. The molecule has 0 aliphatic rings. The summed E-state index contributed by atoms with van der Waals surface area (Å²) >= 11 is 0. The summed E-state index contributed by atoms with van der Waals surface area (Å²) in [5.41, 5.74) is 7.35. The molecule has 0 spiro atoms. The molecular formula is C19H19F2N5O4. The number of aromatic nitrogens is 3. The van der Waals surface area contributed by atoms with Crippen molar-refractivity contribution < 1.29 is 28.2 Å². The molecule has 0 bridgehead atoms. The summed E-state index contributed by atoms with van der Waals surface area (Å²) < 4.78 is 40.1. The number of methoxy groups -OCH3 is 1. The second-order valence-electron chi connectivity index (χ2n) is 6.36. The maximum absolute atomic E-state index is 14.0. The number of halogens is 2. The Bertz CT molecular complexity index is 1090. The molecule has 158 valence electrons. The molecule has 0 saturated carbocycles. The molecule has 1 aromatic heterocycles. The second kappa shape index (κ2) is 8.74. The summed E-state index contributed by atoms with van der Waals surface area (Å²) in [6.07, 6.45) is 0.140. The minimum absolute atomic E-state index is 0.0195. The highest BCUT2D eigenvalue weighted by molar-refractivity contribution is 5.82. The lowest BCUT2D eigenvalue weighted by atomic mass is 10.1. The Balaban J connectivity index is 1.79. The predicted octanol–water partition coefficient (Wildman–Crippen LogP) is 3.16. The van der Waals surface area contributed by atoms with Gasteiger partial charge in [0, 0.05) is 24.4 Å². The number of nitrogens with one attached hydrogen (secondary N) is 1. The summed E-state index contributed by atoms with van der Waals surface area (Å²) in [4.78, 5) is 14.9. The van der Waals surface area contributed by atoms with Crippen molar-refractivity contribution in [3.63, 3.8) is 0 Å². The Morgan fingerprint density at radius 3 is 2.67 bits per heavy atom. The van der Waals surface area contributed by atoms with E-state index in [1.54, 1.807) is 19.2 Å². The average Bonchev–Trinajstić information content (AvgIpc) is 3.11. The summed E-state index contributed by atoms with van der Waals surface area (Å²) in [5, 5.41) is 15.0. The zero-order valence-electron chi connectivity index (χ0n) is 16.1. The third-order valence-electron chi connectivity index (χ3n) is 4.10. The van der Waals surface area contributed by atoms with Crippen LogP contribution in [0.1, 0.15) is 11.1 Å². The van der Waals surface area contributed by atoms with Crippen molar-refractivity contribution in [1.29, 1.82) is 0 Å². The van der Waals surface area contributed by atoms with Gasteiger partial charge in [0.25, 0.3) is 0 Å². The number of nitrogens with zero attached hydrogens (tertiary/aromatic N) is 3. The van der Waals surface area contributed by atoms with Crippen molar-refractivity contribution in [2.75, 3.05) is 18.2 Å². The van der Waals surface area contributed by atoms with Gasteiger partial charge in [-0.25, -0.2) is 18.6 Å². The van der Waals surface area contributed by atoms with Gasteiger partial charge in [-0.05, 0) is 23.8 Å². The normalized spacial score (nSPS) is 10.8. The topological polar surface area (TPSA) is 125 Å². The Morgan fingerprint density at radius 1 is 1.27 bits per heavy atom. The third kappa shape index (κ3) is 4.63. The first-order chi connectivity index (χ1) is 14.3. The number of carbonyl (C=O) groups is 1. The molecule has 0 fully saturated rings. The van der Waals surface area contributed by atoms with Crippen molar-refractivity contribution in [2.45, 2.75) is 13.2 Å². The van der Waals surface area contributed by atoms with Gasteiger partial charge >= 0.3 is 6.09 Å². The molecule has 0 unspecified atom stereocenters. The summed E-state index contributed by atoms with van der Waals surface area (Å²) in [6, 6.07) is 5.27. The first kappa shape index (κ1) is 21.0. The number of anilines is 2. The molecule has 0 aliphatic heterocycles. The zero-order valence-corrected chi connectivity index (χ0v) is 16.1. The van der Waals surface area contributed by atoms with Gasteiger partial charge in [0.05, 0.1) is 31.6 Å². The molecule has 3 aromatic rings. The molecule has 0 aliphatic carbocycles. The van der Waals surface area contributed by atoms with Gasteiger partial charge in [0.15, 0.2) is 23.2 Å². The van der Waals surface area contributed by atoms with Crippen LogP contribution in [0.3, 0.4) is 0 Å². The van der Waals surface area contributed by atoms with E-state index >= 15 is 0 Å². The first-order valence-electron chi connectivity index (χ1n) is 8.66. The molecule has 0 radical (unpaired) electrons. The number of ether oxygens (including phenoxy) is 2. The monoisotopic (exact) mass is 419 g/mol. The summed E-state index contributed by atoms with van der Waals surface area (Å²) in [7, 11) is 3.20. The van der Waals surface area contributed by atoms with Crippen LogP contribution in [0, 0.1) is 11.6 Å². The number of hydrogen-bond donors (Lipinski definition) is 3. The van der Waals surface area contributed by atoms with E-state index in [-0.39, 0.29) is 24.5 Å². The fourth-order valence-electron chi connectivity index (χ4n) is 2.88. The van der Waals surface area contributed by atoms with Gasteiger partial charge in [-0.3, -0.25) is 10.00 Å². The molecule has 0 atom stereocenters. The Labute approximate surface area is 170 Å². The van der Waals surface area contributed by atoms with Crippen molar-refractivity contribution in [2.24, 2.45) is 7.05 Å². The van der Waals surface area contributed by atoms with Crippen LogP contribution < -0.4 is 15.8 Å². The minimum Gasteiger partial charge on any atom is -0.494 e. The maximum atomic E-state index is 14.0. The highest BCUT2D eigenvalue weighted by Crippen LogP contribution is 2.34. The third-order valence-corrected chi connectivity index (χ3v) is 4.10. The van der Waals surface area contributed by atoms with Crippen LogP contribution in [-0.2, 0) is 25.0 Å². The second-order valence-corrected chi connectivity index (χ2v) is 6.36. The minimum atomic E-state index is -1.39. The van der Waals surface area contributed by atoms with E-state index in [1.807, 2.05) is 5.32 Å². The summed E-state index contributed by atoms with van der Waals surface area (Å²) in [6.45, 7) is -0.271. The van der Waals surface area contributed by atoms with Crippen LogP contribution in [0.4, 0.5) is 25.0 Å². The Hall–Kier alpha value is -3.73. The maximum Gasteiger partial charge on any atom is 0.409 e. The van der Waals surface area contributed by atoms with Gasteiger partial charge in [0.2, 0.25) is 0 Å². The van der Waals surface area contributed by atoms with E-state index in [9.17, 15) is 13.6 Å². The van der Waals surface area contributed by atoms with Crippen molar-refractivity contribution in [3.8, 4) is 17.1 Å². The summed E-state index contributed by atoms with van der Waals surface area (Å²) in [5.74, 6) is -1.48. The highest BCUT2D eigenvalue weighted by Gasteiger charge is 2.16. The van der Waals surface area contributed by atoms with Gasteiger partial charge in [-0.15, -0.1) is 0 Å². The number of benzene rings is 2. The number of carboxylic acid groups (broad SMARTS) is 1.